The molecule has 0 aromatic rings. The van der Waals surface area contributed by atoms with Crippen molar-refractivity contribution in [2.24, 2.45) is 11.8 Å². The van der Waals surface area contributed by atoms with Crippen LogP contribution < -0.4 is 0 Å². The van der Waals surface area contributed by atoms with Crippen molar-refractivity contribution in [2.45, 2.75) is 39.5 Å². The molecule has 0 unspecified atom stereocenters. The summed E-state index contributed by atoms with van der Waals surface area (Å²) in [5.74, 6) is 2.08. The van der Waals surface area contributed by atoms with Crippen molar-refractivity contribution in [3.05, 3.63) is 11.1 Å². The second-order valence-corrected chi connectivity index (χ2v) is 3.95. The molecule has 0 radical (unpaired) electrons. The van der Waals surface area contributed by atoms with Crippen molar-refractivity contribution >= 4 is 0 Å². The van der Waals surface area contributed by atoms with E-state index in [9.17, 15) is 0 Å². The number of hydrogen-bond acceptors (Lipinski definition) is 0. The molecule has 10 heavy (non-hydrogen) atoms. The Bertz CT molecular complexity index is 158. The molecule has 2 fully saturated rings. The maximum absolute atomic E-state index is 2.27. The molecule has 56 valence electrons. The summed E-state index contributed by atoms with van der Waals surface area (Å²) in [5, 5.41) is 0. The first kappa shape index (κ1) is 6.45. The quantitative estimate of drug-likeness (QED) is 0.449. The van der Waals surface area contributed by atoms with Crippen molar-refractivity contribution in [1.29, 1.82) is 0 Å². The molecule has 0 amide bonds. The van der Waals surface area contributed by atoms with E-state index >= 15 is 0 Å². The number of rotatable bonds is 0. The van der Waals surface area contributed by atoms with E-state index in [4.69, 9.17) is 0 Å². The van der Waals surface area contributed by atoms with Gasteiger partial charge in [0, 0.05) is 0 Å². The van der Waals surface area contributed by atoms with E-state index in [0.717, 1.165) is 11.8 Å². The summed E-state index contributed by atoms with van der Waals surface area (Å²) in [5.41, 5.74) is 3.43. The van der Waals surface area contributed by atoms with Gasteiger partial charge in [-0.1, -0.05) is 24.0 Å². The lowest BCUT2D eigenvalue weighted by molar-refractivity contribution is 0.480. The van der Waals surface area contributed by atoms with E-state index in [1.807, 2.05) is 5.57 Å². The van der Waals surface area contributed by atoms with E-state index in [-0.39, 0.29) is 0 Å². The third kappa shape index (κ3) is 0.817. The van der Waals surface area contributed by atoms with Gasteiger partial charge in [-0.25, -0.2) is 0 Å². The fraction of sp³-hybridized carbons (Fsp3) is 0.800. The van der Waals surface area contributed by atoms with Gasteiger partial charge in [-0.2, -0.15) is 0 Å². The molecular weight excluding hydrogens is 120 g/mol. The normalized spacial score (nSPS) is 37.2. The van der Waals surface area contributed by atoms with Crippen LogP contribution in [0.25, 0.3) is 0 Å². The average molecular weight is 136 g/mol. The first-order valence-electron chi connectivity index (χ1n) is 4.48. The van der Waals surface area contributed by atoms with Crippen LogP contribution in [0.3, 0.4) is 0 Å². The zero-order chi connectivity index (χ0) is 7.14. The van der Waals surface area contributed by atoms with Gasteiger partial charge in [0.05, 0.1) is 0 Å². The smallest absolute Gasteiger partial charge is 0.0132 e. The van der Waals surface area contributed by atoms with Crippen LogP contribution in [0.5, 0.6) is 0 Å². The fourth-order valence-corrected chi connectivity index (χ4v) is 2.56. The van der Waals surface area contributed by atoms with Gasteiger partial charge in [-0.05, 0) is 38.5 Å². The highest BCUT2D eigenvalue weighted by atomic mass is 14.5. The van der Waals surface area contributed by atoms with Gasteiger partial charge in [0.15, 0.2) is 0 Å². The summed E-state index contributed by atoms with van der Waals surface area (Å²) >= 11 is 0. The van der Waals surface area contributed by atoms with Crippen LogP contribution in [0.2, 0.25) is 0 Å². The summed E-state index contributed by atoms with van der Waals surface area (Å²) < 4.78 is 0. The van der Waals surface area contributed by atoms with E-state index < -0.39 is 0 Å². The molecule has 2 atom stereocenters. The molecule has 0 aromatic heterocycles. The molecule has 0 spiro atoms. The van der Waals surface area contributed by atoms with Gasteiger partial charge < -0.3 is 0 Å². The summed E-state index contributed by atoms with van der Waals surface area (Å²) in [6.07, 6.45) is 5.95. The third-order valence-electron chi connectivity index (χ3n) is 3.03. The average Bonchev–Trinajstić information content (AvgIpc) is 2.60. The van der Waals surface area contributed by atoms with Crippen molar-refractivity contribution in [3.63, 3.8) is 0 Å². The number of hydrogen-bond donors (Lipinski definition) is 0. The van der Waals surface area contributed by atoms with E-state index in [0.29, 0.717) is 0 Å². The van der Waals surface area contributed by atoms with Gasteiger partial charge in [-0.3, -0.25) is 0 Å². The molecule has 0 aliphatic heterocycles. The SMILES string of the molecule is CC(C)=C1[C@H]2CCCC[C@@H]12. The Hall–Kier alpha value is -0.260. The third-order valence-corrected chi connectivity index (χ3v) is 3.03. The Morgan fingerprint density at radius 1 is 1.10 bits per heavy atom. The number of fused-ring (bicyclic) bond motifs is 1. The topological polar surface area (TPSA) is 0 Å². The van der Waals surface area contributed by atoms with Crippen LogP contribution in [0.1, 0.15) is 39.5 Å². The van der Waals surface area contributed by atoms with E-state index in [2.05, 4.69) is 13.8 Å². The van der Waals surface area contributed by atoms with Gasteiger partial charge >= 0.3 is 0 Å². The zero-order valence-electron chi connectivity index (χ0n) is 6.98. The highest BCUT2D eigenvalue weighted by molar-refractivity contribution is 5.34. The zero-order valence-corrected chi connectivity index (χ0v) is 6.98. The van der Waals surface area contributed by atoms with Crippen molar-refractivity contribution in [3.8, 4) is 0 Å². The maximum atomic E-state index is 2.27. The second kappa shape index (κ2) is 2.11. The molecule has 0 nitrogen and oxygen atoms in total. The Balaban J connectivity index is 2.13. The standard InChI is InChI=1S/C10H16/c1-7(2)10-8-5-3-4-6-9(8)10/h8-9H,3-6H2,1-2H3/t8-,9+. The summed E-state index contributed by atoms with van der Waals surface area (Å²) in [4.78, 5) is 0. The van der Waals surface area contributed by atoms with E-state index in [1.54, 1.807) is 5.57 Å². The van der Waals surface area contributed by atoms with Gasteiger partial charge in [0.1, 0.15) is 0 Å². The second-order valence-electron chi connectivity index (χ2n) is 3.95. The Kier molecular flexibility index (Phi) is 1.36. The minimum atomic E-state index is 1.04. The van der Waals surface area contributed by atoms with Crippen molar-refractivity contribution < 1.29 is 0 Å². The molecule has 2 rings (SSSR count). The monoisotopic (exact) mass is 136 g/mol. The summed E-state index contributed by atoms with van der Waals surface area (Å²) in [6.45, 7) is 4.54. The molecular formula is C10H16. The first-order chi connectivity index (χ1) is 4.80. The van der Waals surface area contributed by atoms with Crippen molar-refractivity contribution in [2.75, 3.05) is 0 Å². The van der Waals surface area contributed by atoms with Crippen LogP contribution in [0.15, 0.2) is 11.1 Å². The van der Waals surface area contributed by atoms with Gasteiger partial charge in [0.25, 0.3) is 0 Å². The number of allylic oxidation sites excluding steroid dienone is 2. The predicted octanol–water partition coefficient (Wildman–Crippen LogP) is 3.14. The molecule has 0 aromatic carbocycles. The molecule has 0 heteroatoms. The van der Waals surface area contributed by atoms with Gasteiger partial charge in [0.2, 0.25) is 0 Å². The van der Waals surface area contributed by atoms with Crippen LogP contribution in [0, 0.1) is 11.8 Å². The minimum absolute atomic E-state index is 1.04. The molecule has 0 heterocycles. The highest BCUT2D eigenvalue weighted by Gasteiger charge is 2.44. The molecule has 0 saturated heterocycles. The summed E-state index contributed by atoms with van der Waals surface area (Å²) in [7, 11) is 0. The first-order valence-corrected chi connectivity index (χ1v) is 4.48. The molecule has 2 aliphatic rings. The Labute approximate surface area is 63.3 Å². The lowest BCUT2D eigenvalue weighted by Crippen LogP contribution is -1.91. The highest BCUT2D eigenvalue weighted by Crippen LogP contribution is 2.56. The molecule has 2 saturated carbocycles. The minimum Gasteiger partial charge on any atom is -0.0766 e. The van der Waals surface area contributed by atoms with Crippen LogP contribution in [0.4, 0.5) is 0 Å². The Morgan fingerprint density at radius 2 is 1.60 bits per heavy atom. The Morgan fingerprint density at radius 3 is 2.00 bits per heavy atom. The lowest BCUT2D eigenvalue weighted by Gasteiger charge is -2.04. The van der Waals surface area contributed by atoms with Crippen LogP contribution >= 0.6 is 0 Å². The predicted molar refractivity (Wildman–Crippen MR) is 43.8 cm³/mol. The molecule has 0 bridgehead atoms. The largest absolute Gasteiger partial charge is 0.0766 e. The maximum Gasteiger partial charge on any atom is -0.0132 e. The van der Waals surface area contributed by atoms with Crippen LogP contribution in [-0.2, 0) is 0 Å². The van der Waals surface area contributed by atoms with Crippen molar-refractivity contribution in [1.82, 2.24) is 0 Å². The van der Waals surface area contributed by atoms with E-state index in [1.165, 1.54) is 25.7 Å². The lowest BCUT2D eigenvalue weighted by atomic mass is 10.0. The molecule has 0 N–H and O–H groups in total. The van der Waals surface area contributed by atoms with Crippen LogP contribution in [-0.4, -0.2) is 0 Å². The fourth-order valence-electron chi connectivity index (χ4n) is 2.56. The molecule has 2 aliphatic carbocycles. The van der Waals surface area contributed by atoms with Gasteiger partial charge in [-0.15, -0.1) is 0 Å². The summed E-state index contributed by atoms with van der Waals surface area (Å²) in [6, 6.07) is 0.